The number of pyridine rings is 1. The average Bonchev–Trinajstić information content (AvgIpc) is 3.39. The van der Waals surface area contributed by atoms with Crippen molar-refractivity contribution in [2.45, 2.75) is 37.3 Å². The molecule has 1 aromatic carbocycles. The van der Waals surface area contributed by atoms with Crippen molar-refractivity contribution in [1.82, 2.24) is 15.2 Å². The SMILES string of the molecule is Cl.O=C(N[C@@H]1C2CCN(CC2)C12CC2)c1ccc2cccnc2c1. The van der Waals surface area contributed by atoms with Gasteiger partial charge in [0.2, 0.25) is 0 Å². The van der Waals surface area contributed by atoms with E-state index >= 15 is 0 Å². The molecule has 1 amide bonds. The highest BCUT2D eigenvalue weighted by atomic mass is 35.5. The number of hydrogen-bond donors (Lipinski definition) is 1. The number of amides is 1. The quantitative estimate of drug-likeness (QED) is 0.911. The van der Waals surface area contributed by atoms with Crippen LogP contribution in [0.5, 0.6) is 0 Å². The first-order chi connectivity index (χ1) is 11.3. The number of nitrogens with one attached hydrogen (secondary N) is 1. The molecule has 1 N–H and O–H groups in total. The van der Waals surface area contributed by atoms with Crippen LogP contribution in [0, 0.1) is 5.92 Å². The summed E-state index contributed by atoms with van der Waals surface area (Å²) < 4.78 is 0. The van der Waals surface area contributed by atoms with Gasteiger partial charge in [-0.15, -0.1) is 12.4 Å². The maximum absolute atomic E-state index is 12.8. The lowest BCUT2D eigenvalue weighted by atomic mass is 9.77. The second-order valence-electron chi connectivity index (χ2n) is 7.29. The van der Waals surface area contributed by atoms with Gasteiger partial charge in [-0.1, -0.05) is 12.1 Å². The van der Waals surface area contributed by atoms with Gasteiger partial charge in [-0.3, -0.25) is 14.7 Å². The van der Waals surface area contributed by atoms with Crippen LogP contribution in [-0.2, 0) is 0 Å². The molecular formula is C19H22ClN3O. The largest absolute Gasteiger partial charge is 0.347 e. The number of carbonyl (C=O) groups excluding carboxylic acids is 1. The number of aromatic nitrogens is 1. The summed E-state index contributed by atoms with van der Waals surface area (Å²) in [5.41, 5.74) is 1.89. The van der Waals surface area contributed by atoms with Crippen LogP contribution >= 0.6 is 12.4 Å². The maximum Gasteiger partial charge on any atom is 0.251 e. The van der Waals surface area contributed by atoms with Gasteiger partial charge in [0.15, 0.2) is 0 Å². The van der Waals surface area contributed by atoms with E-state index in [1.807, 2.05) is 30.3 Å². The van der Waals surface area contributed by atoms with Gasteiger partial charge < -0.3 is 5.32 Å². The third kappa shape index (κ3) is 2.32. The van der Waals surface area contributed by atoms with Crippen molar-refractivity contribution < 1.29 is 4.79 Å². The van der Waals surface area contributed by atoms with Gasteiger partial charge in [0, 0.05) is 22.7 Å². The fourth-order valence-corrected chi connectivity index (χ4v) is 4.75. The molecule has 4 nitrogen and oxygen atoms in total. The van der Waals surface area contributed by atoms with Crippen molar-refractivity contribution in [3.05, 3.63) is 42.1 Å². The molecule has 3 aliphatic heterocycles. The Labute approximate surface area is 148 Å². The zero-order valence-corrected chi connectivity index (χ0v) is 14.4. The minimum Gasteiger partial charge on any atom is -0.347 e. The predicted octanol–water partition coefficient (Wildman–Crippen LogP) is 3.01. The van der Waals surface area contributed by atoms with Crippen molar-refractivity contribution in [2.24, 2.45) is 5.92 Å². The molecule has 1 atom stereocenters. The zero-order valence-electron chi connectivity index (χ0n) is 13.6. The molecule has 6 rings (SSSR count). The molecule has 1 aliphatic carbocycles. The fourth-order valence-electron chi connectivity index (χ4n) is 4.75. The van der Waals surface area contributed by atoms with Crippen LogP contribution in [0.4, 0.5) is 0 Å². The average molecular weight is 344 g/mol. The number of fused-ring (bicyclic) bond motifs is 3. The second kappa shape index (κ2) is 5.71. The smallest absolute Gasteiger partial charge is 0.251 e. The van der Waals surface area contributed by atoms with Crippen molar-refractivity contribution >= 4 is 29.2 Å². The summed E-state index contributed by atoms with van der Waals surface area (Å²) in [6, 6.07) is 10.1. The van der Waals surface area contributed by atoms with E-state index in [9.17, 15) is 4.79 Å². The lowest BCUT2D eigenvalue weighted by molar-refractivity contribution is -0.00144. The van der Waals surface area contributed by atoms with E-state index in [0.29, 0.717) is 12.0 Å². The van der Waals surface area contributed by atoms with Crippen LogP contribution < -0.4 is 5.32 Å². The van der Waals surface area contributed by atoms with Crippen LogP contribution in [-0.4, -0.2) is 40.5 Å². The Morgan fingerprint density at radius 1 is 1.21 bits per heavy atom. The topological polar surface area (TPSA) is 45.2 Å². The lowest BCUT2D eigenvalue weighted by Crippen LogP contribution is -2.65. The lowest BCUT2D eigenvalue weighted by Gasteiger charge is -2.52. The molecule has 4 heterocycles. The van der Waals surface area contributed by atoms with Crippen molar-refractivity contribution in [1.29, 1.82) is 0 Å². The Balaban J connectivity index is 0.00000146. The van der Waals surface area contributed by atoms with E-state index in [2.05, 4.69) is 15.2 Å². The number of hydrogen-bond acceptors (Lipinski definition) is 3. The molecule has 4 fully saturated rings. The first-order valence-corrected chi connectivity index (χ1v) is 8.67. The third-order valence-electron chi connectivity index (χ3n) is 6.14. The second-order valence-corrected chi connectivity index (χ2v) is 7.29. The minimum atomic E-state index is 0. The molecule has 2 aromatic rings. The minimum absolute atomic E-state index is 0. The molecule has 3 saturated heterocycles. The number of nitrogens with zero attached hydrogens (tertiary/aromatic N) is 2. The molecule has 1 spiro atoms. The van der Waals surface area contributed by atoms with Gasteiger partial charge in [-0.2, -0.15) is 0 Å². The first-order valence-electron chi connectivity index (χ1n) is 8.67. The van der Waals surface area contributed by atoms with Crippen LogP contribution in [0.1, 0.15) is 36.0 Å². The molecular weight excluding hydrogens is 322 g/mol. The van der Waals surface area contributed by atoms with E-state index in [1.165, 1.54) is 38.8 Å². The summed E-state index contributed by atoms with van der Waals surface area (Å²) in [6.07, 6.45) is 6.72. The molecule has 24 heavy (non-hydrogen) atoms. The number of rotatable bonds is 2. The standard InChI is InChI=1S/C19H21N3O.ClH/c23-18(15-4-3-13-2-1-9-20-16(13)12-15)21-17-14-5-10-22(11-6-14)19(17)7-8-19;/h1-4,9,12,14,17H,5-8,10-11H2,(H,21,23);1H/t17-;/m1./s1. The Bertz CT molecular complexity index is 781. The number of benzene rings is 1. The highest BCUT2D eigenvalue weighted by molar-refractivity contribution is 5.98. The maximum atomic E-state index is 12.8. The third-order valence-corrected chi connectivity index (χ3v) is 6.14. The van der Waals surface area contributed by atoms with Gasteiger partial charge in [0.05, 0.1) is 11.6 Å². The highest BCUT2D eigenvalue weighted by Gasteiger charge is 2.60. The Morgan fingerprint density at radius 2 is 2.00 bits per heavy atom. The van der Waals surface area contributed by atoms with Crippen LogP contribution in [0.2, 0.25) is 0 Å². The number of piperidine rings is 3. The van der Waals surface area contributed by atoms with Gasteiger partial charge >= 0.3 is 0 Å². The van der Waals surface area contributed by atoms with E-state index < -0.39 is 0 Å². The van der Waals surface area contributed by atoms with Gasteiger partial charge in [-0.05, 0) is 62.9 Å². The summed E-state index contributed by atoms with van der Waals surface area (Å²) in [6.45, 7) is 2.44. The summed E-state index contributed by atoms with van der Waals surface area (Å²) in [5, 5.41) is 4.45. The van der Waals surface area contributed by atoms with E-state index in [-0.39, 0.29) is 23.9 Å². The number of carbonyl (C=O) groups is 1. The Hall–Kier alpha value is -1.65. The van der Waals surface area contributed by atoms with Gasteiger partial charge in [0.1, 0.15) is 0 Å². The van der Waals surface area contributed by atoms with E-state index in [1.54, 1.807) is 6.20 Å². The highest BCUT2D eigenvalue weighted by Crippen LogP contribution is 2.53. The molecule has 0 radical (unpaired) electrons. The summed E-state index contributed by atoms with van der Waals surface area (Å²) in [4.78, 5) is 19.8. The molecule has 0 unspecified atom stereocenters. The Morgan fingerprint density at radius 3 is 2.75 bits per heavy atom. The van der Waals surface area contributed by atoms with E-state index in [0.717, 1.165) is 16.5 Å². The normalized spacial score (nSPS) is 29.2. The van der Waals surface area contributed by atoms with Crippen molar-refractivity contribution in [3.8, 4) is 0 Å². The van der Waals surface area contributed by atoms with Crippen LogP contribution in [0.15, 0.2) is 36.5 Å². The van der Waals surface area contributed by atoms with Gasteiger partial charge in [0.25, 0.3) is 5.91 Å². The zero-order chi connectivity index (χ0) is 15.4. The molecule has 2 bridgehead atoms. The molecule has 4 aliphatic rings. The summed E-state index contributed by atoms with van der Waals surface area (Å²) >= 11 is 0. The van der Waals surface area contributed by atoms with Gasteiger partial charge in [-0.25, -0.2) is 0 Å². The van der Waals surface area contributed by atoms with Crippen LogP contribution in [0.3, 0.4) is 0 Å². The van der Waals surface area contributed by atoms with Crippen LogP contribution in [0.25, 0.3) is 10.9 Å². The fraction of sp³-hybridized carbons (Fsp3) is 0.474. The van der Waals surface area contributed by atoms with Crippen molar-refractivity contribution in [3.63, 3.8) is 0 Å². The van der Waals surface area contributed by atoms with E-state index in [4.69, 9.17) is 0 Å². The summed E-state index contributed by atoms with van der Waals surface area (Å²) in [5.74, 6) is 0.715. The first kappa shape index (κ1) is 15.9. The molecule has 126 valence electrons. The monoisotopic (exact) mass is 343 g/mol. The molecule has 1 aromatic heterocycles. The molecule has 1 saturated carbocycles. The molecule has 5 heteroatoms. The Kier molecular flexibility index (Phi) is 3.77. The van der Waals surface area contributed by atoms with Crippen molar-refractivity contribution in [2.75, 3.05) is 13.1 Å². The summed E-state index contributed by atoms with van der Waals surface area (Å²) in [7, 11) is 0. The predicted molar refractivity (Wildman–Crippen MR) is 96.5 cm³/mol. The number of halogens is 1.